The number of likely N-dealkylation sites (N-methyl/N-ethyl adjacent to an activating group) is 1. The molecule has 0 saturated heterocycles. The first-order chi connectivity index (χ1) is 13.2. The van der Waals surface area contributed by atoms with Crippen molar-refractivity contribution in [1.82, 2.24) is 5.32 Å². The third kappa shape index (κ3) is 5.98. The van der Waals surface area contributed by atoms with E-state index in [0.717, 1.165) is 17.0 Å². The molecule has 0 aliphatic carbocycles. The van der Waals surface area contributed by atoms with Gasteiger partial charge in [-0.2, -0.15) is 0 Å². The van der Waals surface area contributed by atoms with E-state index in [9.17, 15) is 4.79 Å². The highest BCUT2D eigenvalue weighted by atomic mass is 32.2. The SMILES string of the molecule is CNC(Cc1ccccc1)C(=O)Nc1ccc(SCc2ccccc2)cc1. The molecule has 1 unspecified atom stereocenters. The Hall–Kier alpha value is -2.56. The Labute approximate surface area is 165 Å². The second-order valence-electron chi connectivity index (χ2n) is 6.32. The molecule has 0 saturated carbocycles. The predicted octanol–water partition coefficient (Wildman–Crippen LogP) is 4.75. The van der Waals surface area contributed by atoms with Gasteiger partial charge < -0.3 is 10.6 Å². The van der Waals surface area contributed by atoms with E-state index < -0.39 is 0 Å². The second kappa shape index (κ2) is 9.95. The maximum atomic E-state index is 12.6. The van der Waals surface area contributed by atoms with Crippen LogP contribution in [0.1, 0.15) is 11.1 Å². The summed E-state index contributed by atoms with van der Waals surface area (Å²) in [6.45, 7) is 0. The van der Waals surface area contributed by atoms with Gasteiger partial charge in [-0.3, -0.25) is 4.79 Å². The lowest BCUT2D eigenvalue weighted by Gasteiger charge is -2.16. The molecule has 3 aromatic carbocycles. The lowest BCUT2D eigenvalue weighted by atomic mass is 10.1. The molecule has 0 bridgehead atoms. The van der Waals surface area contributed by atoms with E-state index in [4.69, 9.17) is 0 Å². The van der Waals surface area contributed by atoms with Crippen LogP contribution < -0.4 is 10.6 Å². The van der Waals surface area contributed by atoms with Crippen LogP contribution in [0.2, 0.25) is 0 Å². The van der Waals surface area contributed by atoms with Crippen molar-refractivity contribution in [2.75, 3.05) is 12.4 Å². The molecule has 1 atom stereocenters. The van der Waals surface area contributed by atoms with Gasteiger partial charge in [-0.05, 0) is 48.9 Å². The molecule has 3 aromatic rings. The van der Waals surface area contributed by atoms with E-state index in [0.29, 0.717) is 6.42 Å². The van der Waals surface area contributed by atoms with Gasteiger partial charge in [-0.15, -0.1) is 11.8 Å². The van der Waals surface area contributed by atoms with Gasteiger partial charge in [-0.1, -0.05) is 60.7 Å². The predicted molar refractivity (Wildman–Crippen MR) is 114 cm³/mol. The molecular weight excluding hydrogens is 352 g/mol. The standard InChI is InChI=1S/C23H24N2OS/c1-24-22(16-18-8-4-2-5-9-18)23(26)25-20-12-14-21(15-13-20)27-17-19-10-6-3-7-11-19/h2-15,22,24H,16-17H2,1H3,(H,25,26). The van der Waals surface area contributed by atoms with Crippen LogP contribution >= 0.6 is 11.8 Å². The Morgan fingerprint density at radius 2 is 1.44 bits per heavy atom. The molecule has 0 radical (unpaired) electrons. The summed E-state index contributed by atoms with van der Waals surface area (Å²) in [6, 6.07) is 28.2. The quantitative estimate of drug-likeness (QED) is 0.558. The molecule has 0 spiro atoms. The number of benzene rings is 3. The second-order valence-corrected chi connectivity index (χ2v) is 7.37. The van der Waals surface area contributed by atoms with Crippen LogP contribution in [-0.4, -0.2) is 19.0 Å². The zero-order valence-corrected chi connectivity index (χ0v) is 16.2. The highest BCUT2D eigenvalue weighted by Crippen LogP contribution is 2.24. The van der Waals surface area contributed by atoms with Gasteiger partial charge in [-0.25, -0.2) is 0 Å². The van der Waals surface area contributed by atoms with Gasteiger partial charge in [0, 0.05) is 16.3 Å². The smallest absolute Gasteiger partial charge is 0.241 e. The minimum absolute atomic E-state index is 0.0222. The minimum Gasteiger partial charge on any atom is -0.325 e. The number of nitrogens with one attached hydrogen (secondary N) is 2. The van der Waals surface area contributed by atoms with Gasteiger partial charge in [0.05, 0.1) is 6.04 Å². The van der Waals surface area contributed by atoms with E-state index in [1.54, 1.807) is 11.8 Å². The molecule has 0 aliphatic rings. The fraction of sp³-hybridized carbons (Fsp3) is 0.174. The zero-order chi connectivity index (χ0) is 18.9. The Balaban J connectivity index is 1.54. The van der Waals surface area contributed by atoms with Crippen molar-refractivity contribution >= 4 is 23.4 Å². The molecule has 0 heterocycles. The lowest BCUT2D eigenvalue weighted by molar-refractivity contribution is -0.118. The number of hydrogen-bond donors (Lipinski definition) is 2. The Bertz CT molecular complexity index is 835. The number of anilines is 1. The van der Waals surface area contributed by atoms with Crippen LogP contribution in [0.25, 0.3) is 0 Å². The van der Waals surface area contributed by atoms with Crippen molar-refractivity contribution in [3.8, 4) is 0 Å². The summed E-state index contributed by atoms with van der Waals surface area (Å²) in [6.07, 6.45) is 0.661. The molecule has 138 valence electrons. The number of rotatable bonds is 8. The van der Waals surface area contributed by atoms with E-state index in [1.165, 1.54) is 10.5 Å². The van der Waals surface area contributed by atoms with Crippen LogP contribution in [-0.2, 0) is 17.0 Å². The maximum absolute atomic E-state index is 12.6. The Morgan fingerprint density at radius 1 is 0.852 bits per heavy atom. The highest BCUT2D eigenvalue weighted by molar-refractivity contribution is 7.98. The summed E-state index contributed by atoms with van der Waals surface area (Å²) in [5.41, 5.74) is 3.26. The summed E-state index contributed by atoms with van der Waals surface area (Å²) in [7, 11) is 1.82. The van der Waals surface area contributed by atoms with Crippen LogP contribution in [0, 0.1) is 0 Å². The monoisotopic (exact) mass is 376 g/mol. The van der Waals surface area contributed by atoms with E-state index in [2.05, 4.69) is 47.0 Å². The van der Waals surface area contributed by atoms with Crippen molar-refractivity contribution in [3.05, 3.63) is 96.1 Å². The normalized spacial score (nSPS) is 11.7. The van der Waals surface area contributed by atoms with Crippen molar-refractivity contribution in [1.29, 1.82) is 0 Å². The van der Waals surface area contributed by atoms with Crippen molar-refractivity contribution in [2.45, 2.75) is 23.1 Å². The molecule has 0 fully saturated rings. The Kier molecular flexibility index (Phi) is 7.08. The number of carbonyl (C=O) groups is 1. The molecule has 27 heavy (non-hydrogen) atoms. The van der Waals surface area contributed by atoms with Gasteiger partial charge in [0.25, 0.3) is 0 Å². The molecule has 2 N–H and O–H groups in total. The number of hydrogen-bond acceptors (Lipinski definition) is 3. The van der Waals surface area contributed by atoms with Crippen LogP contribution in [0.4, 0.5) is 5.69 Å². The first-order valence-corrected chi connectivity index (χ1v) is 10.0. The first kappa shape index (κ1) is 19.2. The average molecular weight is 377 g/mol. The fourth-order valence-electron chi connectivity index (χ4n) is 2.78. The molecular formula is C23H24N2OS. The third-order valence-corrected chi connectivity index (χ3v) is 5.40. The van der Waals surface area contributed by atoms with E-state index >= 15 is 0 Å². The topological polar surface area (TPSA) is 41.1 Å². The first-order valence-electron chi connectivity index (χ1n) is 9.03. The number of amides is 1. The van der Waals surface area contributed by atoms with Crippen LogP contribution in [0.15, 0.2) is 89.8 Å². The van der Waals surface area contributed by atoms with Crippen molar-refractivity contribution in [3.63, 3.8) is 0 Å². The maximum Gasteiger partial charge on any atom is 0.241 e. The zero-order valence-electron chi connectivity index (χ0n) is 15.4. The van der Waals surface area contributed by atoms with Crippen molar-refractivity contribution in [2.24, 2.45) is 0 Å². The summed E-state index contributed by atoms with van der Waals surface area (Å²) in [5.74, 6) is 0.914. The van der Waals surface area contributed by atoms with Crippen LogP contribution in [0.5, 0.6) is 0 Å². The van der Waals surface area contributed by atoms with Crippen molar-refractivity contribution < 1.29 is 4.79 Å². The molecule has 0 aliphatic heterocycles. The van der Waals surface area contributed by atoms with Gasteiger partial charge in [0.15, 0.2) is 0 Å². The minimum atomic E-state index is -0.264. The molecule has 3 rings (SSSR count). The van der Waals surface area contributed by atoms with E-state index in [-0.39, 0.29) is 11.9 Å². The summed E-state index contributed by atoms with van der Waals surface area (Å²) in [5, 5.41) is 6.11. The summed E-state index contributed by atoms with van der Waals surface area (Å²) < 4.78 is 0. The molecule has 1 amide bonds. The fourth-order valence-corrected chi connectivity index (χ4v) is 3.63. The molecule has 3 nitrogen and oxygen atoms in total. The van der Waals surface area contributed by atoms with Crippen LogP contribution in [0.3, 0.4) is 0 Å². The van der Waals surface area contributed by atoms with Gasteiger partial charge >= 0.3 is 0 Å². The molecule has 0 aromatic heterocycles. The summed E-state index contributed by atoms with van der Waals surface area (Å²) in [4.78, 5) is 13.8. The number of thioether (sulfide) groups is 1. The largest absolute Gasteiger partial charge is 0.325 e. The Morgan fingerprint density at radius 3 is 2.04 bits per heavy atom. The van der Waals surface area contributed by atoms with Gasteiger partial charge in [0.1, 0.15) is 0 Å². The summed E-state index contributed by atoms with van der Waals surface area (Å²) >= 11 is 1.79. The highest BCUT2D eigenvalue weighted by Gasteiger charge is 2.16. The average Bonchev–Trinajstić information content (AvgIpc) is 2.73. The van der Waals surface area contributed by atoms with E-state index in [1.807, 2.05) is 55.6 Å². The lowest BCUT2D eigenvalue weighted by Crippen LogP contribution is -2.40. The molecule has 4 heteroatoms. The number of carbonyl (C=O) groups excluding carboxylic acids is 1. The third-order valence-electron chi connectivity index (χ3n) is 4.32. The van der Waals surface area contributed by atoms with Gasteiger partial charge in [0.2, 0.25) is 5.91 Å².